The Balaban J connectivity index is 1.95. The normalized spacial score (nSPS) is 18.1. The van der Waals surface area contributed by atoms with Crippen LogP contribution in [-0.2, 0) is 4.74 Å². The minimum absolute atomic E-state index is 0.338. The van der Waals surface area contributed by atoms with E-state index in [0.717, 1.165) is 31.8 Å². The second-order valence-electron chi connectivity index (χ2n) is 3.75. The van der Waals surface area contributed by atoms with Crippen molar-refractivity contribution in [2.24, 2.45) is 0 Å². The zero-order valence-corrected chi connectivity index (χ0v) is 8.53. The van der Waals surface area contributed by atoms with E-state index in [1.165, 1.54) is 5.56 Å². The van der Waals surface area contributed by atoms with Crippen LogP contribution in [0.25, 0.3) is 0 Å². The Morgan fingerprint density at radius 1 is 1.29 bits per heavy atom. The number of hydrogen-bond donors (Lipinski definition) is 0. The summed E-state index contributed by atoms with van der Waals surface area (Å²) in [6, 6.07) is 8.21. The lowest BCUT2D eigenvalue weighted by atomic mass is 10.1. The molecule has 0 bridgehead atoms. The molecule has 0 aromatic heterocycles. The molecular formula is C12H16O2. The van der Waals surface area contributed by atoms with E-state index in [1.54, 1.807) is 0 Å². The molecule has 14 heavy (non-hydrogen) atoms. The molecule has 0 radical (unpaired) electrons. The molecule has 1 aliphatic rings. The summed E-state index contributed by atoms with van der Waals surface area (Å²) in [5.41, 5.74) is 1.24. The third-order valence-corrected chi connectivity index (χ3v) is 2.46. The third-order valence-electron chi connectivity index (χ3n) is 2.46. The molecule has 0 N–H and O–H groups in total. The first kappa shape index (κ1) is 9.53. The molecule has 1 saturated heterocycles. The first-order valence-corrected chi connectivity index (χ1v) is 5.16. The van der Waals surface area contributed by atoms with E-state index in [4.69, 9.17) is 9.47 Å². The fraction of sp³-hybridized carbons (Fsp3) is 0.500. The van der Waals surface area contributed by atoms with Gasteiger partial charge in [-0.3, -0.25) is 0 Å². The van der Waals surface area contributed by atoms with Gasteiger partial charge in [0.2, 0.25) is 0 Å². The highest BCUT2D eigenvalue weighted by Gasteiger charge is 2.14. The molecule has 2 rings (SSSR count). The van der Waals surface area contributed by atoms with Crippen LogP contribution in [0.5, 0.6) is 5.75 Å². The van der Waals surface area contributed by atoms with Crippen LogP contribution in [0.15, 0.2) is 24.3 Å². The van der Waals surface area contributed by atoms with E-state index in [0.29, 0.717) is 6.10 Å². The minimum Gasteiger partial charge on any atom is -0.490 e. The standard InChI is InChI=1S/C12H16O2/c1-10-3-2-4-12(9-10)14-11-5-7-13-8-6-11/h2-4,9,11H,5-8H2,1H3. The quantitative estimate of drug-likeness (QED) is 0.717. The van der Waals surface area contributed by atoms with Crippen LogP contribution in [0.3, 0.4) is 0 Å². The Morgan fingerprint density at radius 2 is 2.07 bits per heavy atom. The zero-order valence-electron chi connectivity index (χ0n) is 8.53. The summed E-state index contributed by atoms with van der Waals surface area (Å²) in [5, 5.41) is 0. The summed E-state index contributed by atoms with van der Waals surface area (Å²) in [6.45, 7) is 3.74. The van der Waals surface area contributed by atoms with Crippen molar-refractivity contribution >= 4 is 0 Å². The Labute approximate surface area is 84.8 Å². The fourth-order valence-corrected chi connectivity index (χ4v) is 1.67. The van der Waals surface area contributed by atoms with Crippen LogP contribution in [0.4, 0.5) is 0 Å². The molecule has 2 nitrogen and oxygen atoms in total. The fourth-order valence-electron chi connectivity index (χ4n) is 1.67. The maximum absolute atomic E-state index is 5.86. The average Bonchev–Trinajstić information content (AvgIpc) is 2.19. The number of rotatable bonds is 2. The third kappa shape index (κ3) is 2.48. The van der Waals surface area contributed by atoms with Crippen LogP contribution < -0.4 is 4.74 Å². The largest absolute Gasteiger partial charge is 0.490 e. The van der Waals surface area contributed by atoms with E-state index in [2.05, 4.69) is 19.1 Å². The Bertz CT molecular complexity index is 290. The second-order valence-corrected chi connectivity index (χ2v) is 3.75. The van der Waals surface area contributed by atoms with Crippen LogP contribution in [-0.4, -0.2) is 19.3 Å². The van der Waals surface area contributed by atoms with Crippen molar-refractivity contribution in [1.82, 2.24) is 0 Å². The van der Waals surface area contributed by atoms with Crippen LogP contribution in [0.2, 0.25) is 0 Å². The van der Waals surface area contributed by atoms with E-state index < -0.39 is 0 Å². The molecule has 1 heterocycles. The first-order chi connectivity index (χ1) is 6.84. The molecule has 0 aliphatic carbocycles. The van der Waals surface area contributed by atoms with E-state index in [1.807, 2.05) is 12.1 Å². The van der Waals surface area contributed by atoms with Gasteiger partial charge >= 0.3 is 0 Å². The molecule has 0 spiro atoms. The van der Waals surface area contributed by atoms with Gasteiger partial charge in [-0.15, -0.1) is 0 Å². The molecule has 1 aromatic carbocycles. The van der Waals surface area contributed by atoms with Crippen molar-refractivity contribution in [1.29, 1.82) is 0 Å². The lowest BCUT2D eigenvalue weighted by Crippen LogP contribution is -2.25. The average molecular weight is 192 g/mol. The van der Waals surface area contributed by atoms with Crippen LogP contribution in [0.1, 0.15) is 18.4 Å². The van der Waals surface area contributed by atoms with E-state index in [9.17, 15) is 0 Å². The van der Waals surface area contributed by atoms with Crippen molar-refractivity contribution in [2.75, 3.05) is 13.2 Å². The molecule has 0 saturated carbocycles. The highest BCUT2D eigenvalue weighted by Crippen LogP contribution is 2.18. The molecule has 1 fully saturated rings. The predicted molar refractivity (Wildman–Crippen MR) is 55.6 cm³/mol. The summed E-state index contributed by atoms with van der Waals surface area (Å²) in [5.74, 6) is 0.983. The summed E-state index contributed by atoms with van der Waals surface area (Å²) in [7, 11) is 0. The summed E-state index contributed by atoms with van der Waals surface area (Å²) in [4.78, 5) is 0. The lowest BCUT2D eigenvalue weighted by Gasteiger charge is -2.23. The Morgan fingerprint density at radius 3 is 2.79 bits per heavy atom. The van der Waals surface area contributed by atoms with Crippen molar-refractivity contribution in [2.45, 2.75) is 25.9 Å². The van der Waals surface area contributed by atoms with Crippen LogP contribution in [0, 0.1) is 6.92 Å². The number of benzene rings is 1. The molecule has 1 aliphatic heterocycles. The Kier molecular flexibility index (Phi) is 3.04. The SMILES string of the molecule is Cc1cccc(OC2CCOCC2)c1. The van der Waals surface area contributed by atoms with Gasteiger partial charge in [0.05, 0.1) is 13.2 Å². The van der Waals surface area contributed by atoms with Crippen molar-refractivity contribution in [3.63, 3.8) is 0 Å². The van der Waals surface area contributed by atoms with Gasteiger partial charge < -0.3 is 9.47 Å². The zero-order chi connectivity index (χ0) is 9.80. The maximum atomic E-state index is 5.86. The van der Waals surface area contributed by atoms with Gasteiger partial charge in [0.25, 0.3) is 0 Å². The lowest BCUT2D eigenvalue weighted by molar-refractivity contribution is 0.0255. The van der Waals surface area contributed by atoms with Crippen molar-refractivity contribution in [3.05, 3.63) is 29.8 Å². The minimum atomic E-state index is 0.338. The summed E-state index contributed by atoms with van der Waals surface area (Å²) < 4.78 is 11.1. The van der Waals surface area contributed by atoms with Crippen LogP contribution >= 0.6 is 0 Å². The first-order valence-electron chi connectivity index (χ1n) is 5.16. The van der Waals surface area contributed by atoms with Gasteiger partial charge in [-0.25, -0.2) is 0 Å². The highest BCUT2D eigenvalue weighted by atomic mass is 16.5. The topological polar surface area (TPSA) is 18.5 Å². The van der Waals surface area contributed by atoms with Crippen molar-refractivity contribution in [3.8, 4) is 5.75 Å². The summed E-state index contributed by atoms with van der Waals surface area (Å²) in [6.07, 6.45) is 2.35. The van der Waals surface area contributed by atoms with Gasteiger partial charge in [0.15, 0.2) is 0 Å². The highest BCUT2D eigenvalue weighted by molar-refractivity contribution is 5.27. The second kappa shape index (κ2) is 4.47. The van der Waals surface area contributed by atoms with Gasteiger partial charge in [-0.1, -0.05) is 12.1 Å². The number of aryl methyl sites for hydroxylation is 1. The predicted octanol–water partition coefficient (Wildman–Crippen LogP) is 2.55. The van der Waals surface area contributed by atoms with Gasteiger partial charge in [-0.2, -0.15) is 0 Å². The molecule has 1 aromatic rings. The smallest absolute Gasteiger partial charge is 0.119 e. The van der Waals surface area contributed by atoms with Gasteiger partial charge in [0.1, 0.15) is 11.9 Å². The van der Waals surface area contributed by atoms with Crippen molar-refractivity contribution < 1.29 is 9.47 Å². The monoisotopic (exact) mass is 192 g/mol. The van der Waals surface area contributed by atoms with Gasteiger partial charge in [0, 0.05) is 12.8 Å². The maximum Gasteiger partial charge on any atom is 0.119 e. The van der Waals surface area contributed by atoms with Gasteiger partial charge in [-0.05, 0) is 24.6 Å². The van der Waals surface area contributed by atoms with E-state index >= 15 is 0 Å². The molecule has 0 unspecified atom stereocenters. The summed E-state index contributed by atoms with van der Waals surface area (Å²) >= 11 is 0. The Hall–Kier alpha value is -1.02. The number of ether oxygens (including phenoxy) is 2. The molecule has 0 amide bonds. The molecule has 76 valence electrons. The molecular weight excluding hydrogens is 176 g/mol. The number of hydrogen-bond acceptors (Lipinski definition) is 2. The molecule has 0 atom stereocenters. The van der Waals surface area contributed by atoms with E-state index in [-0.39, 0.29) is 0 Å². The molecule has 2 heteroatoms.